The minimum absolute atomic E-state index is 0.0267. The van der Waals surface area contributed by atoms with Crippen molar-refractivity contribution in [3.63, 3.8) is 0 Å². The molecular weight excluding hydrogens is 691 g/mol. The predicted molar refractivity (Wildman–Crippen MR) is 196 cm³/mol. The number of rotatable bonds is 18. The van der Waals surface area contributed by atoms with Crippen molar-refractivity contribution in [2.45, 2.75) is 71.2 Å². The molecule has 2 heterocycles. The molecule has 4 amide bonds. The summed E-state index contributed by atoms with van der Waals surface area (Å²) in [5.74, 6) is -3.27. The van der Waals surface area contributed by atoms with E-state index in [1.807, 2.05) is 62.6 Å². The largest absolute Gasteiger partial charge is 0.353 e. The Morgan fingerprint density at radius 3 is 2.37 bits per heavy atom. The smallest absolute Gasteiger partial charge is 0.253 e. The van der Waals surface area contributed by atoms with Crippen LogP contribution < -0.4 is 11.1 Å². The Bertz CT molecular complexity index is 1770. The molecule has 1 aromatic heterocycles. The number of nitrogens with two attached hydrogens (primary N) is 1. The zero-order valence-corrected chi connectivity index (χ0v) is 31.0. The zero-order chi connectivity index (χ0) is 38.0. The summed E-state index contributed by atoms with van der Waals surface area (Å²) in [6.45, 7) is 8.44. The predicted octanol–water partition coefficient (Wildman–Crippen LogP) is 4.49. The molecule has 3 N–H and O–H groups in total. The Labute approximate surface area is 306 Å². The Morgan fingerprint density at radius 1 is 1.04 bits per heavy atom. The maximum atomic E-state index is 15.1. The molecule has 52 heavy (non-hydrogen) atoms. The van der Waals surface area contributed by atoms with Gasteiger partial charge in [0, 0.05) is 60.9 Å². The fourth-order valence-corrected chi connectivity index (χ4v) is 7.53. The molecular formula is C38H48F2N6O5S. The molecule has 0 spiro atoms. The van der Waals surface area contributed by atoms with Gasteiger partial charge in [0.25, 0.3) is 11.8 Å². The van der Waals surface area contributed by atoms with E-state index in [9.17, 15) is 27.8 Å². The van der Waals surface area contributed by atoms with Gasteiger partial charge in [-0.2, -0.15) is 0 Å². The molecule has 3 aromatic rings. The first-order valence-electron chi connectivity index (χ1n) is 17.5. The number of carbonyl (C=O) groups is 4. The van der Waals surface area contributed by atoms with Crippen LogP contribution in [-0.4, -0.2) is 84.4 Å². The van der Waals surface area contributed by atoms with E-state index in [0.29, 0.717) is 25.2 Å². The van der Waals surface area contributed by atoms with E-state index in [0.717, 1.165) is 47.2 Å². The van der Waals surface area contributed by atoms with Crippen LogP contribution in [0.2, 0.25) is 0 Å². The van der Waals surface area contributed by atoms with Crippen LogP contribution in [-0.2, 0) is 36.5 Å². The minimum Gasteiger partial charge on any atom is -0.353 e. The number of benzene rings is 2. The molecule has 2 aromatic carbocycles. The van der Waals surface area contributed by atoms with Gasteiger partial charge in [-0.05, 0) is 48.6 Å². The standard InChI is InChI=1S/C38H48F2N6O5S/c1-5-6-13-31(37(50)42-19-21-45-32(47)16-17-33(45)48)52(51)25-34(49)46(20-10-18-41)35(38(2,3)4)36-43-30(28-22-27(39)14-15-29(28)40)24-44(36)23-26-11-8-7-9-12-26/h7-9,11-12,14-17,22,24,31,35H,5-6,10,13,18-21,23,25,41H2,1-4H3,(H,42,50)/t31?,35-,52?/m0/s1. The highest BCUT2D eigenvalue weighted by Crippen LogP contribution is 2.39. The second-order valence-electron chi connectivity index (χ2n) is 13.8. The van der Waals surface area contributed by atoms with Crippen molar-refractivity contribution in [1.82, 2.24) is 24.7 Å². The monoisotopic (exact) mass is 738 g/mol. The maximum absolute atomic E-state index is 15.1. The van der Waals surface area contributed by atoms with E-state index < -0.39 is 68.5 Å². The Kier molecular flexibility index (Phi) is 14.1. The van der Waals surface area contributed by atoms with E-state index in [1.165, 1.54) is 0 Å². The SMILES string of the molecule is CCCCC(C(=O)NCCN1C(=O)C=CC1=O)S(=O)CC(=O)N(CCCN)[C@@H](c1nc(-c2cc(F)ccc2F)cn1Cc1ccccc1)C(C)(C)C. The maximum Gasteiger partial charge on any atom is 0.253 e. The molecule has 0 fully saturated rings. The first-order valence-corrected chi connectivity index (χ1v) is 18.9. The van der Waals surface area contributed by atoms with Gasteiger partial charge in [0.15, 0.2) is 0 Å². The third-order valence-electron chi connectivity index (χ3n) is 8.74. The van der Waals surface area contributed by atoms with Crippen molar-refractivity contribution in [3.8, 4) is 11.3 Å². The van der Waals surface area contributed by atoms with Gasteiger partial charge in [-0.1, -0.05) is 70.9 Å². The summed E-state index contributed by atoms with van der Waals surface area (Å²) in [6, 6.07) is 12.0. The van der Waals surface area contributed by atoms with Crippen LogP contribution in [0.1, 0.15) is 70.8 Å². The molecule has 14 heteroatoms. The Balaban J connectivity index is 1.67. The topological polar surface area (TPSA) is 148 Å². The highest BCUT2D eigenvalue weighted by molar-refractivity contribution is 7.87. The van der Waals surface area contributed by atoms with Gasteiger partial charge in [0.1, 0.15) is 28.5 Å². The Morgan fingerprint density at radius 2 is 1.73 bits per heavy atom. The van der Waals surface area contributed by atoms with E-state index in [4.69, 9.17) is 10.7 Å². The molecule has 0 saturated heterocycles. The van der Waals surface area contributed by atoms with Gasteiger partial charge in [-0.15, -0.1) is 0 Å². The van der Waals surface area contributed by atoms with E-state index in [1.54, 1.807) is 11.1 Å². The van der Waals surface area contributed by atoms with Crippen LogP contribution in [0.3, 0.4) is 0 Å². The van der Waals surface area contributed by atoms with E-state index >= 15 is 4.39 Å². The van der Waals surface area contributed by atoms with Gasteiger partial charge >= 0.3 is 0 Å². The summed E-state index contributed by atoms with van der Waals surface area (Å²) in [5.41, 5.74) is 6.34. The second kappa shape index (κ2) is 18.3. The van der Waals surface area contributed by atoms with Crippen LogP contribution in [0, 0.1) is 17.0 Å². The van der Waals surface area contributed by atoms with Crippen molar-refractivity contribution >= 4 is 34.4 Å². The van der Waals surface area contributed by atoms with Crippen molar-refractivity contribution in [1.29, 1.82) is 0 Å². The van der Waals surface area contributed by atoms with Crippen molar-refractivity contribution < 1.29 is 32.2 Å². The number of hydrogen-bond donors (Lipinski definition) is 2. The van der Waals surface area contributed by atoms with E-state index in [-0.39, 0.29) is 43.9 Å². The normalized spacial score (nSPS) is 14.8. The lowest BCUT2D eigenvalue weighted by Gasteiger charge is -2.40. The molecule has 0 saturated carbocycles. The number of aromatic nitrogens is 2. The van der Waals surface area contributed by atoms with Gasteiger partial charge < -0.3 is 20.5 Å². The number of nitrogens with zero attached hydrogens (tertiary/aromatic N) is 4. The van der Waals surface area contributed by atoms with E-state index in [2.05, 4.69) is 5.32 Å². The number of halogens is 2. The summed E-state index contributed by atoms with van der Waals surface area (Å²) in [5, 5.41) is 1.67. The highest BCUT2D eigenvalue weighted by atomic mass is 32.2. The van der Waals surface area contributed by atoms with Crippen LogP contribution in [0.5, 0.6) is 0 Å². The van der Waals surface area contributed by atoms with Crippen molar-refractivity contribution in [2.75, 3.05) is 31.9 Å². The lowest BCUT2D eigenvalue weighted by molar-refractivity contribution is -0.137. The van der Waals surface area contributed by atoms with Crippen LogP contribution in [0.25, 0.3) is 11.3 Å². The first kappa shape index (κ1) is 40.2. The average molecular weight is 739 g/mol. The summed E-state index contributed by atoms with van der Waals surface area (Å²) >= 11 is 0. The quantitative estimate of drug-likeness (QED) is 0.183. The fraction of sp³-hybridized carbons (Fsp3) is 0.447. The van der Waals surface area contributed by atoms with Crippen LogP contribution >= 0.6 is 0 Å². The molecule has 0 bridgehead atoms. The highest BCUT2D eigenvalue weighted by Gasteiger charge is 2.39. The Hall–Kier alpha value is -4.56. The van der Waals surface area contributed by atoms with Crippen molar-refractivity contribution in [3.05, 3.63) is 89.9 Å². The number of carbonyl (C=O) groups excluding carboxylic acids is 4. The van der Waals surface area contributed by atoms with Gasteiger partial charge in [-0.25, -0.2) is 13.8 Å². The van der Waals surface area contributed by atoms with Crippen LogP contribution in [0.15, 0.2) is 66.9 Å². The lowest BCUT2D eigenvalue weighted by Crippen LogP contribution is -2.47. The number of amides is 4. The molecule has 0 aliphatic carbocycles. The fourth-order valence-electron chi connectivity index (χ4n) is 6.17. The van der Waals surface area contributed by atoms with Crippen molar-refractivity contribution in [2.24, 2.45) is 11.1 Å². The number of nitrogens with one attached hydrogen (secondary N) is 1. The molecule has 0 radical (unpaired) electrons. The third kappa shape index (κ3) is 10.3. The zero-order valence-electron chi connectivity index (χ0n) is 30.1. The molecule has 11 nitrogen and oxygen atoms in total. The number of unbranched alkanes of at least 4 members (excludes halogenated alkanes) is 1. The average Bonchev–Trinajstić information content (AvgIpc) is 3.65. The first-order chi connectivity index (χ1) is 24.7. The minimum atomic E-state index is -1.94. The number of imide groups is 1. The molecule has 280 valence electrons. The van der Waals surface area contributed by atoms with Gasteiger partial charge in [0.05, 0.1) is 11.7 Å². The molecule has 1 aliphatic heterocycles. The molecule has 2 unspecified atom stereocenters. The summed E-state index contributed by atoms with van der Waals surface area (Å²) < 4.78 is 45.2. The number of hydrogen-bond acceptors (Lipinski definition) is 7. The summed E-state index contributed by atoms with van der Waals surface area (Å²) in [7, 11) is -1.94. The lowest BCUT2D eigenvalue weighted by atomic mass is 9.84. The van der Waals surface area contributed by atoms with Crippen LogP contribution in [0.4, 0.5) is 8.78 Å². The molecule has 1 aliphatic rings. The molecule has 3 atom stereocenters. The summed E-state index contributed by atoms with van der Waals surface area (Å²) in [6.07, 6.45) is 5.95. The summed E-state index contributed by atoms with van der Waals surface area (Å²) in [4.78, 5) is 59.0. The molecule has 4 rings (SSSR count). The van der Waals surface area contributed by atoms with Gasteiger partial charge in [-0.3, -0.25) is 28.3 Å². The second-order valence-corrected chi connectivity index (χ2v) is 15.4. The number of imidazole rings is 1. The third-order valence-corrected chi connectivity index (χ3v) is 10.4. The van der Waals surface area contributed by atoms with Gasteiger partial charge in [0.2, 0.25) is 11.8 Å².